The van der Waals surface area contributed by atoms with Gasteiger partial charge in [-0.1, -0.05) is 11.6 Å². The average molecular weight is 463 g/mol. The molecular weight excluding hydrogens is 444 g/mol. The number of likely N-dealkylation sites (N-methyl/N-ethyl adjacent to an activating group) is 1. The van der Waals surface area contributed by atoms with Crippen LogP contribution in [0.1, 0.15) is 41.4 Å². The number of fused-ring (bicyclic) bond motifs is 1. The number of thiazole rings is 1. The lowest BCUT2D eigenvalue weighted by atomic mass is 10.2. The van der Waals surface area contributed by atoms with Crippen molar-refractivity contribution in [2.75, 3.05) is 18.9 Å². The Morgan fingerprint density at radius 2 is 2.07 bits per heavy atom. The fraction of sp³-hybridized carbons (Fsp3) is 0.316. The van der Waals surface area contributed by atoms with E-state index in [0.717, 1.165) is 30.1 Å². The quantitative estimate of drug-likeness (QED) is 0.604. The van der Waals surface area contributed by atoms with Crippen LogP contribution in [0.3, 0.4) is 0 Å². The van der Waals surface area contributed by atoms with Gasteiger partial charge in [0.1, 0.15) is 11.6 Å². The number of anilines is 1. The van der Waals surface area contributed by atoms with Crippen molar-refractivity contribution in [3.8, 4) is 0 Å². The average Bonchev–Trinajstić information content (AvgIpc) is 3.33. The van der Waals surface area contributed by atoms with Crippen LogP contribution in [0.4, 0.5) is 5.82 Å². The molecule has 8 nitrogen and oxygen atoms in total. The van der Waals surface area contributed by atoms with E-state index < -0.39 is 0 Å². The number of aryl methyl sites for hydroxylation is 1. The van der Waals surface area contributed by atoms with Gasteiger partial charge in [0.05, 0.1) is 14.9 Å². The summed E-state index contributed by atoms with van der Waals surface area (Å²) in [5.41, 5.74) is 1.59. The highest BCUT2D eigenvalue weighted by atomic mass is 35.5. The molecule has 0 atom stereocenters. The summed E-state index contributed by atoms with van der Waals surface area (Å²) >= 11 is 8.49. The van der Waals surface area contributed by atoms with Gasteiger partial charge in [-0.15, -0.1) is 22.7 Å². The lowest BCUT2D eigenvalue weighted by Gasteiger charge is -2.20. The van der Waals surface area contributed by atoms with E-state index in [2.05, 4.69) is 37.5 Å². The molecule has 3 aromatic rings. The largest absolute Gasteiger partial charge is 0.347 e. The minimum atomic E-state index is -0.312. The van der Waals surface area contributed by atoms with E-state index in [1.165, 1.54) is 22.7 Å². The van der Waals surface area contributed by atoms with Crippen molar-refractivity contribution in [3.63, 3.8) is 0 Å². The van der Waals surface area contributed by atoms with E-state index in [4.69, 9.17) is 11.6 Å². The van der Waals surface area contributed by atoms with Crippen LogP contribution in [0.2, 0.25) is 4.34 Å². The predicted molar refractivity (Wildman–Crippen MR) is 117 cm³/mol. The summed E-state index contributed by atoms with van der Waals surface area (Å²) in [4.78, 5) is 42.0. The molecule has 0 saturated carbocycles. The van der Waals surface area contributed by atoms with Crippen LogP contribution < -0.4 is 10.6 Å². The van der Waals surface area contributed by atoms with Gasteiger partial charge in [-0.05, 0) is 26.1 Å². The highest BCUT2D eigenvalue weighted by Crippen LogP contribution is 2.25. The first kappa shape index (κ1) is 20.9. The van der Waals surface area contributed by atoms with Crippen LogP contribution in [0.5, 0.6) is 0 Å². The third-order valence-corrected chi connectivity index (χ3v) is 6.88. The zero-order valence-electron chi connectivity index (χ0n) is 16.4. The molecule has 2 amide bonds. The number of halogens is 1. The Balaban J connectivity index is 1.48. The molecule has 0 spiro atoms. The molecule has 3 aromatic heterocycles. The molecule has 0 bridgehead atoms. The molecule has 1 aliphatic heterocycles. The minimum Gasteiger partial charge on any atom is -0.347 e. The van der Waals surface area contributed by atoms with Gasteiger partial charge < -0.3 is 15.5 Å². The molecule has 11 heteroatoms. The normalized spacial score (nSPS) is 13.7. The molecule has 0 aliphatic carbocycles. The van der Waals surface area contributed by atoms with Crippen molar-refractivity contribution in [3.05, 3.63) is 54.5 Å². The minimum absolute atomic E-state index is 0.170. The first-order valence-electron chi connectivity index (χ1n) is 9.23. The van der Waals surface area contributed by atoms with Crippen LogP contribution >= 0.6 is 34.3 Å². The van der Waals surface area contributed by atoms with Crippen LogP contribution in [-0.4, -0.2) is 45.3 Å². The van der Waals surface area contributed by atoms with Gasteiger partial charge in [-0.25, -0.2) is 15.0 Å². The Kier molecular flexibility index (Phi) is 6.09. The van der Waals surface area contributed by atoms with Crippen molar-refractivity contribution >= 4 is 51.9 Å². The van der Waals surface area contributed by atoms with Crippen molar-refractivity contribution in [1.82, 2.24) is 25.2 Å². The number of rotatable bonds is 5. The third-order valence-electron chi connectivity index (χ3n) is 4.57. The second-order valence-electron chi connectivity index (χ2n) is 6.91. The van der Waals surface area contributed by atoms with Crippen molar-refractivity contribution in [2.45, 2.75) is 26.4 Å². The molecule has 4 heterocycles. The molecule has 0 saturated heterocycles. The van der Waals surface area contributed by atoms with Crippen LogP contribution in [0.15, 0.2) is 18.3 Å². The smallest absolute Gasteiger partial charge is 0.285 e. The first-order valence-corrected chi connectivity index (χ1v) is 11.2. The van der Waals surface area contributed by atoms with E-state index >= 15 is 0 Å². The first-order chi connectivity index (χ1) is 14.4. The summed E-state index contributed by atoms with van der Waals surface area (Å²) in [7, 11) is 2.05. The lowest BCUT2D eigenvalue weighted by Crippen LogP contribution is -2.25. The SMILES string of the molecule is Cc1ncc(CNC(=O)c2ccc(Cl)s2)c(NC(=O)c2nc3c(s2)CN(C)CC3)n1. The summed E-state index contributed by atoms with van der Waals surface area (Å²) in [5, 5.41) is 6.05. The van der Waals surface area contributed by atoms with Gasteiger partial charge in [-0.2, -0.15) is 0 Å². The van der Waals surface area contributed by atoms with Crippen molar-refractivity contribution in [1.29, 1.82) is 0 Å². The summed E-state index contributed by atoms with van der Waals surface area (Å²) < 4.78 is 0.545. The third kappa shape index (κ3) is 4.67. The number of hydrogen-bond acceptors (Lipinski definition) is 8. The van der Waals surface area contributed by atoms with Gasteiger partial charge in [-0.3, -0.25) is 9.59 Å². The van der Waals surface area contributed by atoms with Gasteiger partial charge in [0.25, 0.3) is 11.8 Å². The van der Waals surface area contributed by atoms with Crippen molar-refractivity contribution in [2.24, 2.45) is 0 Å². The van der Waals surface area contributed by atoms with E-state index in [9.17, 15) is 9.59 Å². The Morgan fingerprint density at radius 1 is 1.23 bits per heavy atom. The monoisotopic (exact) mass is 462 g/mol. The number of nitrogens with one attached hydrogen (secondary N) is 2. The van der Waals surface area contributed by atoms with Gasteiger partial charge in [0.15, 0.2) is 5.01 Å². The molecular formula is C19H19ClN6O2S2. The van der Waals surface area contributed by atoms with Gasteiger partial charge in [0.2, 0.25) is 0 Å². The highest BCUT2D eigenvalue weighted by Gasteiger charge is 2.22. The van der Waals surface area contributed by atoms with E-state index in [1.54, 1.807) is 25.3 Å². The highest BCUT2D eigenvalue weighted by molar-refractivity contribution is 7.18. The number of nitrogens with zero attached hydrogens (tertiary/aromatic N) is 4. The zero-order chi connectivity index (χ0) is 21.3. The molecule has 30 heavy (non-hydrogen) atoms. The van der Waals surface area contributed by atoms with Crippen molar-refractivity contribution < 1.29 is 9.59 Å². The maximum Gasteiger partial charge on any atom is 0.285 e. The van der Waals surface area contributed by atoms with E-state index in [-0.39, 0.29) is 18.4 Å². The number of thiophene rings is 1. The van der Waals surface area contributed by atoms with Crippen LogP contribution in [-0.2, 0) is 19.5 Å². The predicted octanol–water partition coefficient (Wildman–Crippen LogP) is 3.13. The molecule has 2 N–H and O–H groups in total. The topological polar surface area (TPSA) is 100 Å². The van der Waals surface area contributed by atoms with Crippen LogP contribution in [0, 0.1) is 6.92 Å². The molecule has 156 valence electrons. The Hall–Kier alpha value is -2.40. The number of carbonyl (C=O) groups is 2. The van der Waals surface area contributed by atoms with Crippen LogP contribution in [0.25, 0.3) is 0 Å². The summed E-state index contributed by atoms with van der Waals surface area (Å²) in [6.07, 6.45) is 2.44. The Labute approximate surface area is 186 Å². The number of amides is 2. The maximum atomic E-state index is 12.8. The van der Waals surface area contributed by atoms with E-state index in [1.807, 2.05) is 0 Å². The fourth-order valence-corrected chi connectivity index (χ4v) is 5.06. The number of carbonyl (C=O) groups excluding carboxylic acids is 2. The van der Waals surface area contributed by atoms with Gasteiger partial charge in [0, 0.05) is 42.7 Å². The Bertz CT molecular complexity index is 1110. The standard InChI is InChI=1S/C19H19ClN6O2S2/c1-10-21-7-11(8-22-17(27)13-3-4-15(20)29-13)16(23-10)25-18(28)19-24-12-5-6-26(2)9-14(12)30-19/h3-4,7H,5-6,8-9H2,1-2H3,(H,22,27)(H,21,23,25,28). The summed E-state index contributed by atoms with van der Waals surface area (Å²) in [5.74, 6) is 0.321. The molecule has 4 rings (SSSR count). The second kappa shape index (κ2) is 8.76. The maximum absolute atomic E-state index is 12.8. The Morgan fingerprint density at radius 3 is 2.83 bits per heavy atom. The lowest BCUT2D eigenvalue weighted by molar-refractivity contribution is 0.0954. The second-order valence-corrected chi connectivity index (χ2v) is 9.71. The molecule has 0 unspecified atom stereocenters. The molecule has 0 aromatic carbocycles. The molecule has 0 radical (unpaired) electrons. The summed E-state index contributed by atoms with van der Waals surface area (Å²) in [6, 6.07) is 3.34. The summed E-state index contributed by atoms with van der Waals surface area (Å²) in [6.45, 7) is 3.64. The van der Waals surface area contributed by atoms with Gasteiger partial charge >= 0.3 is 0 Å². The molecule has 1 aliphatic rings. The number of aromatic nitrogens is 3. The number of hydrogen-bond donors (Lipinski definition) is 2. The van der Waals surface area contributed by atoms with E-state index in [0.29, 0.717) is 31.4 Å². The fourth-order valence-electron chi connectivity index (χ4n) is 3.01. The molecule has 0 fully saturated rings. The zero-order valence-corrected chi connectivity index (χ0v) is 18.7.